The lowest BCUT2D eigenvalue weighted by Crippen LogP contribution is -2.34. The Bertz CT molecular complexity index is 797. The van der Waals surface area contributed by atoms with Gasteiger partial charge in [0, 0.05) is 17.1 Å². The van der Waals surface area contributed by atoms with E-state index >= 15 is 0 Å². The summed E-state index contributed by atoms with van der Waals surface area (Å²) in [6.45, 7) is 1.72. The highest BCUT2D eigenvalue weighted by Crippen LogP contribution is 2.21. The molecule has 0 radical (unpaired) electrons. The van der Waals surface area contributed by atoms with E-state index in [4.69, 9.17) is 4.74 Å². The summed E-state index contributed by atoms with van der Waals surface area (Å²) in [7, 11) is 0. The quantitative estimate of drug-likeness (QED) is 0.491. The van der Waals surface area contributed by atoms with E-state index in [1.807, 2.05) is 12.1 Å². The second-order valence-electron chi connectivity index (χ2n) is 5.18. The Morgan fingerprint density at radius 3 is 2.96 bits per heavy atom. The minimum absolute atomic E-state index is 0.363. The average molecular weight is 376 g/mol. The molecule has 2 heterocycles. The standard InChI is InChI=1S/C16H14BrN3O3/c1-9(19-20-15(21)13-7-11(17)8-18-13)14-6-10-4-2-3-5-12(10)16(22)23-14/h2-5,7-8,14,18H,6H2,1H3,(H,20,21). The van der Waals surface area contributed by atoms with Gasteiger partial charge in [-0.1, -0.05) is 18.2 Å². The number of amides is 1. The molecule has 0 fully saturated rings. The molecule has 7 heteroatoms. The largest absolute Gasteiger partial charge is 0.452 e. The molecule has 0 saturated carbocycles. The first kappa shape index (κ1) is 15.5. The Labute approximate surface area is 141 Å². The lowest BCUT2D eigenvalue weighted by molar-refractivity contribution is 0.0389. The summed E-state index contributed by atoms with van der Waals surface area (Å²) >= 11 is 3.26. The number of esters is 1. The maximum atomic E-state index is 12.0. The summed E-state index contributed by atoms with van der Waals surface area (Å²) in [6.07, 6.45) is 1.72. The number of cyclic esters (lactones) is 1. The van der Waals surface area contributed by atoms with E-state index < -0.39 is 6.10 Å². The van der Waals surface area contributed by atoms with E-state index in [1.54, 1.807) is 31.3 Å². The van der Waals surface area contributed by atoms with Crippen LogP contribution in [0.15, 0.2) is 46.1 Å². The highest BCUT2D eigenvalue weighted by atomic mass is 79.9. The monoisotopic (exact) mass is 375 g/mol. The van der Waals surface area contributed by atoms with Crippen molar-refractivity contribution in [3.8, 4) is 0 Å². The van der Waals surface area contributed by atoms with Crippen LogP contribution in [0.25, 0.3) is 0 Å². The van der Waals surface area contributed by atoms with Gasteiger partial charge in [-0.2, -0.15) is 5.10 Å². The second-order valence-corrected chi connectivity index (χ2v) is 6.10. The molecule has 1 unspecified atom stereocenters. The van der Waals surface area contributed by atoms with Gasteiger partial charge in [0.2, 0.25) is 0 Å². The van der Waals surface area contributed by atoms with Crippen molar-refractivity contribution in [3.63, 3.8) is 0 Å². The Morgan fingerprint density at radius 2 is 2.22 bits per heavy atom. The fraction of sp³-hybridized carbons (Fsp3) is 0.188. The molecule has 23 heavy (non-hydrogen) atoms. The van der Waals surface area contributed by atoms with Crippen LogP contribution in [0.5, 0.6) is 0 Å². The smallest absolute Gasteiger partial charge is 0.339 e. The van der Waals surface area contributed by atoms with Gasteiger partial charge in [-0.25, -0.2) is 10.2 Å². The summed E-state index contributed by atoms with van der Waals surface area (Å²) in [6, 6.07) is 8.97. The Hall–Kier alpha value is -2.41. The Kier molecular flexibility index (Phi) is 4.29. The van der Waals surface area contributed by atoms with Crippen molar-refractivity contribution in [1.82, 2.24) is 10.4 Å². The average Bonchev–Trinajstić information content (AvgIpc) is 2.99. The minimum atomic E-state index is -0.479. The number of halogens is 1. The van der Waals surface area contributed by atoms with Crippen molar-refractivity contribution >= 4 is 33.5 Å². The molecule has 0 aliphatic carbocycles. The van der Waals surface area contributed by atoms with Gasteiger partial charge in [0.25, 0.3) is 5.91 Å². The first-order valence-corrected chi connectivity index (χ1v) is 7.81. The third-order valence-electron chi connectivity index (χ3n) is 3.58. The van der Waals surface area contributed by atoms with Crippen LogP contribution in [0.1, 0.15) is 33.3 Å². The van der Waals surface area contributed by atoms with Gasteiger partial charge >= 0.3 is 5.97 Å². The van der Waals surface area contributed by atoms with Crippen molar-refractivity contribution in [2.24, 2.45) is 5.10 Å². The van der Waals surface area contributed by atoms with Gasteiger partial charge in [0.15, 0.2) is 0 Å². The van der Waals surface area contributed by atoms with E-state index in [-0.39, 0.29) is 11.9 Å². The third-order valence-corrected chi connectivity index (χ3v) is 4.04. The van der Waals surface area contributed by atoms with E-state index in [9.17, 15) is 9.59 Å². The fourth-order valence-electron chi connectivity index (χ4n) is 2.33. The third kappa shape index (κ3) is 3.34. The molecule has 1 aromatic carbocycles. The number of H-pyrrole nitrogens is 1. The fourth-order valence-corrected chi connectivity index (χ4v) is 2.68. The zero-order valence-corrected chi connectivity index (χ0v) is 13.9. The number of ether oxygens (including phenoxy) is 1. The van der Waals surface area contributed by atoms with Crippen molar-refractivity contribution in [2.45, 2.75) is 19.4 Å². The molecule has 1 atom stereocenters. The predicted octanol–water partition coefficient (Wildman–Crippen LogP) is 2.66. The summed E-state index contributed by atoms with van der Waals surface area (Å²) in [4.78, 5) is 26.7. The van der Waals surface area contributed by atoms with Crippen LogP contribution >= 0.6 is 15.9 Å². The van der Waals surface area contributed by atoms with E-state index in [0.717, 1.165) is 10.0 Å². The van der Waals surface area contributed by atoms with Crippen LogP contribution < -0.4 is 5.43 Å². The number of hydrogen-bond acceptors (Lipinski definition) is 4. The summed E-state index contributed by atoms with van der Waals surface area (Å²) in [5.41, 5.74) is 4.88. The van der Waals surface area contributed by atoms with Crippen molar-refractivity contribution in [3.05, 3.63) is 57.8 Å². The van der Waals surface area contributed by atoms with Crippen LogP contribution in [-0.2, 0) is 11.2 Å². The van der Waals surface area contributed by atoms with Crippen molar-refractivity contribution in [2.75, 3.05) is 0 Å². The normalized spacial score (nSPS) is 17.4. The second kappa shape index (κ2) is 6.37. The number of aromatic amines is 1. The van der Waals surface area contributed by atoms with Crippen molar-refractivity contribution < 1.29 is 14.3 Å². The first-order chi connectivity index (χ1) is 11.0. The number of aromatic nitrogens is 1. The lowest BCUT2D eigenvalue weighted by Gasteiger charge is -2.24. The van der Waals surface area contributed by atoms with E-state index in [2.05, 4.69) is 31.4 Å². The molecular weight excluding hydrogens is 362 g/mol. The molecular formula is C16H14BrN3O3. The van der Waals surface area contributed by atoms with Crippen LogP contribution in [0.2, 0.25) is 0 Å². The minimum Gasteiger partial charge on any atom is -0.452 e. The van der Waals surface area contributed by atoms with Gasteiger partial charge < -0.3 is 9.72 Å². The number of benzene rings is 1. The zero-order valence-electron chi connectivity index (χ0n) is 12.3. The topological polar surface area (TPSA) is 83.5 Å². The SMILES string of the molecule is CC(=NNC(=O)c1cc(Br)c[nH]1)C1Cc2ccccc2C(=O)O1. The molecule has 0 saturated heterocycles. The molecule has 1 amide bonds. The van der Waals surface area contributed by atoms with Gasteiger partial charge in [-0.15, -0.1) is 0 Å². The van der Waals surface area contributed by atoms with Crippen LogP contribution in [0.4, 0.5) is 0 Å². The number of rotatable bonds is 3. The summed E-state index contributed by atoms with van der Waals surface area (Å²) < 4.78 is 6.16. The molecule has 1 aliphatic heterocycles. The Balaban J connectivity index is 1.70. The number of hydrogen-bond donors (Lipinski definition) is 2. The Morgan fingerprint density at radius 1 is 1.43 bits per heavy atom. The summed E-state index contributed by atoms with van der Waals surface area (Å²) in [5.74, 6) is -0.733. The molecule has 118 valence electrons. The molecule has 1 aliphatic rings. The predicted molar refractivity (Wildman–Crippen MR) is 88.4 cm³/mol. The molecule has 0 spiro atoms. The van der Waals surface area contributed by atoms with Crippen LogP contribution in [-0.4, -0.2) is 28.7 Å². The zero-order chi connectivity index (χ0) is 16.4. The van der Waals surface area contributed by atoms with Crippen LogP contribution in [0.3, 0.4) is 0 Å². The lowest BCUT2D eigenvalue weighted by atomic mass is 9.97. The van der Waals surface area contributed by atoms with E-state index in [1.165, 1.54) is 0 Å². The number of nitrogens with one attached hydrogen (secondary N) is 2. The maximum absolute atomic E-state index is 12.0. The molecule has 1 aromatic heterocycles. The molecule has 0 bridgehead atoms. The van der Waals surface area contributed by atoms with Crippen LogP contribution in [0, 0.1) is 0 Å². The number of carbonyl (C=O) groups excluding carboxylic acids is 2. The molecule has 2 aromatic rings. The summed E-state index contributed by atoms with van der Waals surface area (Å²) in [5, 5.41) is 4.05. The number of nitrogens with zero attached hydrogens (tertiary/aromatic N) is 1. The molecule has 3 rings (SSSR count). The van der Waals surface area contributed by atoms with Gasteiger partial charge in [-0.05, 0) is 40.5 Å². The molecule has 2 N–H and O–H groups in total. The van der Waals surface area contributed by atoms with Gasteiger partial charge in [0.1, 0.15) is 11.8 Å². The number of fused-ring (bicyclic) bond motifs is 1. The number of carbonyl (C=O) groups is 2. The first-order valence-electron chi connectivity index (χ1n) is 7.02. The van der Waals surface area contributed by atoms with Gasteiger partial charge in [-0.3, -0.25) is 4.79 Å². The maximum Gasteiger partial charge on any atom is 0.339 e. The number of hydrazone groups is 1. The van der Waals surface area contributed by atoms with E-state index in [0.29, 0.717) is 23.4 Å². The van der Waals surface area contributed by atoms with Crippen molar-refractivity contribution in [1.29, 1.82) is 0 Å². The highest BCUT2D eigenvalue weighted by Gasteiger charge is 2.27. The molecule has 6 nitrogen and oxygen atoms in total. The van der Waals surface area contributed by atoms with Gasteiger partial charge in [0.05, 0.1) is 11.3 Å². The highest BCUT2D eigenvalue weighted by molar-refractivity contribution is 9.10.